The van der Waals surface area contributed by atoms with Crippen LogP contribution in [0.25, 0.3) is 10.9 Å². The van der Waals surface area contributed by atoms with Gasteiger partial charge in [0.05, 0.1) is 12.3 Å². The zero-order chi connectivity index (χ0) is 29.1. The Morgan fingerprint density at radius 1 is 1.12 bits per heavy atom. The molecule has 1 aliphatic heterocycles. The summed E-state index contributed by atoms with van der Waals surface area (Å²) in [5.74, 6) is -1.07. The van der Waals surface area contributed by atoms with Crippen LogP contribution in [-0.4, -0.2) is 86.4 Å². The largest absolute Gasteiger partial charge is 0.481 e. The lowest BCUT2D eigenvalue weighted by Gasteiger charge is -2.46. The van der Waals surface area contributed by atoms with Crippen molar-refractivity contribution in [2.45, 2.75) is 95.9 Å². The molecule has 2 heterocycles. The summed E-state index contributed by atoms with van der Waals surface area (Å²) < 4.78 is 2.45. The Balaban J connectivity index is 0.000000357. The lowest BCUT2D eigenvalue weighted by Crippen LogP contribution is -2.53. The Morgan fingerprint density at radius 3 is 2.42 bits per heavy atom. The van der Waals surface area contributed by atoms with E-state index in [1.54, 1.807) is 0 Å². The molecule has 3 N–H and O–H groups in total. The molecular weight excluding hydrogens is 510 g/mol. The molecule has 2 aliphatic carbocycles. The van der Waals surface area contributed by atoms with E-state index < -0.39 is 24.5 Å². The molecular formula is C31H45N3O6. The Bertz CT molecular complexity index is 1220. The van der Waals surface area contributed by atoms with Gasteiger partial charge in [0, 0.05) is 55.2 Å². The Morgan fingerprint density at radius 2 is 1.82 bits per heavy atom. The van der Waals surface area contributed by atoms with Gasteiger partial charge in [-0.15, -0.1) is 0 Å². The number of hydrogen-bond acceptors (Lipinski definition) is 5. The van der Waals surface area contributed by atoms with Gasteiger partial charge >= 0.3 is 11.9 Å². The highest BCUT2D eigenvalue weighted by Gasteiger charge is 2.43. The molecule has 0 radical (unpaired) electrons. The van der Waals surface area contributed by atoms with Crippen molar-refractivity contribution in [3.05, 3.63) is 35.5 Å². The van der Waals surface area contributed by atoms with Crippen LogP contribution in [0.15, 0.2) is 24.4 Å². The first-order valence-electron chi connectivity index (χ1n) is 14.7. The first-order valence-corrected chi connectivity index (χ1v) is 14.7. The number of carbonyl (C=O) groups is 3. The summed E-state index contributed by atoms with van der Waals surface area (Å²) in [7, 11) is 4.31. The maximum absolute atomic E-state index is 13.6. The molecule has 1 aromatic heterocycles. The van der Waals surface area contributed by atoms with Gasteiger partial charge in [0.2, 0.25) is 5.91 Å². The minimum absolute atomic E-state index is 0.116. The highest BCUT2D eigenvalue weighted by molar-refractivity contribution is 5.89. The molecule has 1 saturated carbocycles. The fourth-order valence-corrected chi connectivity index (χ4v) is 7.07. The third-order valence-corrected chi connectivity index (χ3v) is 9.27. The van der Waals surface area contributed by atoms with Crippen LogP contribution in [0.1, 0.15) is 75.8 Å². The summed E-state index contributed by atoms with van der Waals surface area (Å²) in [6.07, 6.45) is 7.99. The molecule has 1 amide bonds. The normalized spacial score (nSPS) is 26.8. The van der Waals surface area contributed by atoms with E-state index in [1.807, 2.05) is 0 Å². The number of likely N-dealkylation sites (tertiary alicyclic amines) is 1. The molecule has 2 aromatic rings. The van der Waals surface area contributed by atoms with E-state index in [2.05, 4.69) is 66.7 Å². The molecule has 9 heteroatoms. The van der Waals surface area contributed by atoms with E-state index in [9.17, 15) is 14.4 Å². The topological polar surface area (TPSA) is 123 Å². The van der Waals surface area contributed by atoms with Crippen molar-refractivity contribution in [2.24, 2.45) is 11.8 Å². The summed E-state index contributed by atoms with van der Waals surface area (Å²) >= 11 is 0. The number of aliphatic hydroxyl groups excluding tert-OH is 1. The number of benzene rings is 1. The molecule has 0 spiro atoms. The van der Waals surface area contributed by atoms with Gasteiger partial charge in [-0.2, -0.15) is 0 Å². The number of hydrogen-bond donors (Lipinski definition) is 3. The van der Waals surface area contributed by atoms with Gasteiger partial charge in [0.25, 0.3) is 0 Å². The minimum atomic E-state index is -1.79. The number of aryl methyl sites for hydroxylation is 1. The molecule has 220 valence electrons. The van der Waals surface area contributed by atoms with Crippen molar-refractivity contribution in [3.8, 4) is 0 Å². The maximum Gasteiger partial charge on any atom is 0.333 e. The van der Waals surface area contributed by atoms with Gasteiger partial charge in [-0.25, -0.2) is 4.79 Å². The highest BCUT2D eigenvalue weighted by Crippen LogP contribution is 2.45. The van der Waals surface area contributed by atoms with Gasteiger partial charge < -0.3 is 29.7 Å². The molecule has 5 rings (SSSR count). The lowest BCUT2D eigenvalue weighted by molar-refractivity contribution is -0.152. The van der Waals surface area contributed by atoms with E-state index in [4.69, 9.17) is 15.3 Å². The van der Waals surface area contributed by atoms with E-state index >= 15 is 0 Å². The molecule has 4 atom stereocenters. The number of carboxylic acids is 2. The van der Waals surface area contributed by atoms with Crippen molar-refractivity contribution in [1.82, 2.24) is 14.4 Å². The van der Waals surface area contributed by atoms with Crippen molar-refractivity contribution >= 4 is 28.7 Å². The molecule has 3 aliphatic rings. The van der Waals surface area contributed by atoms with Crippen LogP contribution in [0.3, 0.4) is 0 Å². The number of likely N-dealkylation sites (N-methyl/N-ethyl adjacent to an activating group) is 1. The number of rotatable bonds is 7. The number of aromatic nitrogens is 1. The first kappa shape index (κ1) is 30.1. The fourth-order valence-electron chi connectivity index (χ4n) is 7.07. The number of carbonyl (C=O) groups excluding carboxylic acids is 1. The number of aliphatic hydroxyl groups is 1. The number of amides is 1. The molecule has 1 saturated heterocycles. The van der Waals surface area contributed by atoms with Crippen LogP contribution < -0.4 is 0 Å². The fraction of sp³-hybridized carbons (Fsp3) is 0.645. The number of nitrogens with zero attached hydrogens (tertiary/aromatic N) is 3. The predicted molar refractivity (Wildman–Crippen MR) is 153 cm³/mol. The predicted octanol–water partition coefficient (Wildman–Crippen LogP) is 3.96. The van der Waals surface area contributed by atoms with Gasteiger partial charge in [-0.05, 0) is 75.1 Å². The summed E-state index contributed by atoms with van der Waals surface area (Å²) in [5.41, 5.74) is 4.37. The van der Waals surface area contributed by atoms with E-state index in [1.165, 1.54) is 47.7 Å². The summed E-state index contributed by atoms with van der Waals surface area (Å²) in [4.78, 5) is 37.6. The lowest BCUT2D eigenvalue weighted by atomic mass is 9.72. The van der Waals surface area contributed by atoms with Crippen molar-refractivity contribution in [3.63, 3.8) is 0 Å². The first-order chi connectivity index (χ1) is 19.0. The third-order valence-electron chi connectivity index (χ3n) is 9.27. The number of carboxylic acid groups (broad SMARTS) is 2. The average Bonchev–Trinajstić information content (AvgIpc) is 3.27. The third kappa shape index (κ3) is 6.36. The number of piperidine rings is 1. The van der Waals surface area contributed by atoms with Crippen LogP contribution >= 0.6 is 0 Å². The van der Waals surface area contributed by atoms with Crippen molar-refractivity contribution in [1.29, 1.82) is 0 Å². The molecule has 0 bridgehead atoms. The van der Waals surface area contributed by atoms with Gasteiger partial charge in [-0.1, -0.05) is 26.0 Å². The summed E-state index contributed by atoms with van der Waals surface area (Å²) in [6, 6.07) is 7.81. The van der Waals surface area contributed by atoms with E-state index in [0.717, 1.165) is 38.3 Å². The monoisotopic (exact) mass is 555 g/mol. The zero-order valence-corrected chi connectivity index (χ0v) is 24.3. The zero-order valence-electron chi connectivity index (χ0n) is 24.3. The minimum Gasteiger partial charge on any atom is -0.481 e. The molecule has 2 fully saturated rings. The second-order valence-corrected chi connectivity index (χ2v) is 12.2. The molecule has 1 aromatic carbocycles. The van der Waals surface area contributed by atoms with E-state index in [-0.39, 0.29) is 5.92 Å². The SMILES string of the molecule is CCCn1cc2c3c(cccc31)C1C[C@@H](C(=O)N(C)C3CCC(C)CC3)CN(C)[C@@H]1C2.O=C(O)CC(O)C(=O)O. The van der Waals surface area contributed by atoms with E-state index in [0.29, 0.717) is 23.9 Å². The van der Waals surface area contributed by atoms with Crippen LogP contribution in [-0.2, 0) is 27.3 Å². The van der Waals surface area contributed by atoms with Crippen molar-refractivity contribution < 1.29 is 29.7 Å². The Kier molecular flexibility index (Phi) is 9.56. The quantitative estimate of drug-likeness (QED) is 0.473. The van der Waals surface area contributed by atoms with Gasteiger partial charge in [0.15, 0.2) is 6.10 Å². The van der Waals surface area contributed by atoms with Crippen LogP contribution in [0, 0.1) is 11.8 Å². The van der Waals surface area contributed by atoms with Gasteiger partial charge in [0.1, 0.15) is 0 Å². The molecule has 2 unspecified atom stereocenters. The second-order valence-electron chi connectivity index (χ2n) is 12.2. The van der Waals surface area contributed by atoms with Crippen molar-refractivity contribution in [2.75, 3.05) is 20.6 Å². The second kappa shape index (κ2) is 12.7. The molecule has 9 nitrogen and oxygen atoms in total. The smallest absolute Gasteiger partial charge is 0.333 e. The average molecular weight is 556 g/mol. The number of fused-ring (bicyclic) bond motifs is 2. The number of aliphatic carboxylic acids is 2. The Hall–Kier alpha value is -2.91. The Labute approximate surface area is 236 Å². The van der Waals surface area contributed by atoms with Crippen LogP contribution in [0.2, 0.25) is 0 Å². The van der Waals surface area contributed by atoms with Crippen LogP contribution in [0.4, 0.5) is 0 Å². The van der Waals surface area contributed by atoms with Crippen LogP contribution in [0.5, 0.6) is 0 Å². The highest BCUT2D eigenvalue weighted by atomic mass is 16.4. The standard InChI is InChI=1S/C27H39N3O.C4H6O5/c1-5-13-30-17-19-15-25-23(22-7-6-8-24(30)26(19)22)14-20(16-28(25)3)27(31)29(4)21-11-9-18(2)10-12-21;5-2(4(8)9)1-3(6)7/h6-8,17-18,20-21,23,25H,5,9-16H2,1-4H3;2,5H,1H2,(H,6,7)(H,8,9)/t18?,20-,21?,23?,25-;/m1./s1. The molecule has 40 heavy (non-hydrogen) atoms. The summed E-state index contributed by atoms with van der Waals surface area (Å²) in [5, 5.41) is 25.6. The maximum atomic E-state index is 13.6. The summed E-state index contributed by atoms with van der Waals surface area (Å²) in [6.45, 7) is 6.58. The van der Waals surface area contributed by atoms with Gasteiger partial charge in [-0.3, -0.25) is 9.59 Å².